The number of hydrogen-bond acceptors (Lipinski definition) is 2. The van der Waals surface area contributed by atoms with Crippen molar-refractivity contribution in [3.05, 3.63) is 29.8 Å². The minimum Gasteiger partial charge on any atom is -0.282 e. The van der Waals surface area contributed by atoms with Gasteiger partial charge in [-0.25, -0.2) is 0 Å². The molecule has 0 aliphatic heterocycles. The van der Waals surface area contributed by atoms with Gasteiger partial charge in [0.1, 0.15) is 0 Å². The van der Waals surface area contributed by atoms with Gasteiger partial charge >= 0.3 is 0 Å². The summed E-state index contributed by atoms with van der Waals surface area (Å²) < 4.78 is 30.7. The van der Waals surface area contributed by atoms with Crippen molar-refractivity contribution in [3.8, 4) is 0 Å². The molecule has 0 aliphatic carbocycles. The first-order chi connectivity index (χ1) is 6.39. The van der Waals surface area contributed by atoms with E-state index in [1.165, 1.54) is 12.1 Å². The number of benzene rings is 1. The summed E-state index contributed by atoms with van der Waals surface area (Å²) in [5.74, 6) is 0. The molecule has 1 unspecified atom stereocenters. The largest absolute Gasteiger partial charge is 0.294 e. The normalized spacial score (nSPS) is 13.9. The van der Waals surface area contributed by atoms with Crippen molar-refractivity contribution < 1.29 is 13.0 Å². The quantitative estimate of drug-likeness (QED) is 0.527. The SMILES string of the molecule is CC(I)Cc1ccc(S(=O)(=O)O)cc1. The lowest BCUT2D eigenvalue weighted by molar-refractivity contribution is 0.483. The van der Waals surface area contributed by atoms with Gasteiger partial charge in [0, 0.05) is 3.92 Å². The topological polar surface area (TPSA) is 54.4 Å². The molecule has 1 aromatic carbocycles. The lowest BCUT2D eigenvalue weighted by Crippen LogP contribution is -2.00. The van der Waals surface area contributed by atoms with Gasteiger partial charge in [-0.3, -0.25) is 4.55 Å². The maximum Gasteiger partial charge on any atom is 0.294 e. The van der Waals surface area contributed by atoms with Crippen LogP contribution >= 0.6 is 22.6 Å². The van der Waals surface area contributed by atoms with Crippen LogP contribution in [-0.4, -0.2) is 16.9 Å². The lowest BCUT2D eigenvalue weighted by Gasteiger charge is -2.03. The Hall–Kier alpha value is -0.140. The van der Waals surface area contributed by atoms with Crippen LogP contribution in [0.15, 0.2) is 29.2 Å². The number of alkyl halides is 1. The summed E-state index contributed by atoms with van der Waals surface area (Å²) in [4.78, 5) is -0.0534. The van der Waals surface area contributed by atoms with Crippen LogP contribution in [0.4, 0.5) is 0 Å². The van der Waals surface area contributed by atoms with Crippen LogP contribution in [0, 0.1) is 0 Å². The van der Waals surface area contributed by atoms with Crippen molar-refractivity contribution in [2.75, 3.05) is 0 Å². The number of halogens is 1. The summed E-state index contributed by atoms with van der Waals surface area (Å²) in [6.07, 6.45) is 0.895. The first kappa shape index (κ1) is 11.9. The first-order valence-electron chi connectivity index (χ1n) is 4.10. The van der Waals surface area contributed by atoms with Crippen LogP contribution in [0.3, 0.4) is 0 Å². The second-order valence-electron chi connectivity index (χ2n) is 3.10. The van der Waals surface area contributed by atoms with Crippen molar-refractivity contribution in [3.63, 3.8) is 0 Å². The minimum atomic E-state index is -4.05. The molecule has 0 heterocycles. The average Bonchev–Trinajstić information content (AvgIpc) is 2.02. The van der Waals surface area contributed by atoms with Gasteiger partial charge in [-0.15, -0.1) is 0 Å². The van der Waals surface area contributed by atoms with E-state index >= 15 is 0 Å². The predicted molar refractivity (Wildman–Crippen MR) is 63.4 cm³/mol. The Bertz CT molecular complexity index is 395. The number of hydrogen-bond donors (Lipinski definition) is 1. The van der Waals surface area contributed by atoms with E-state index in [0.717, 1.165) is 12.0 Å². The molecule has 1 rings (SSSR count). The van der Waals surface area contributed by atoms with Crippen molar-refractivity contribution in [1.82, 2.24) is 0 Å². The smallest absolute Gasteiger partial charge is 0.282 e. The fourth-order valence-electron chi connectivity index (χ4n) is 1.12. The average molecular weight is 326 g/mol. The van der Waals surface area contributed by atoms with E-state index in [9.17, 15) is 8.42 Å². The highest BCUT2D eigenvalue weighted by Gasteiger charge is 2.08. The van der Waals surface area contributed by atoms with Gasteiger partial charge in [-0.1, -0.05) is 41.6 Å². The molecule has 1 aromatic rings. The molecule has 0 spiro atoms. The molecule has 0 saturated heterocycles. The Morgan fingerprint density at radius 1 is 1.36 bits per heavy atom. The van der Waals surface area contributed by atoms with Gasteiger partial charge in [-0.2, -0.15) is 8.42 Å². The fourth-order valence-corrected chi connectivity index (χ4v) is 2.11. The standard InChI is InChI=1S/C9H11IO3S/c1-7(10)6-8-2-4-9(5-3-8)14(11,12)13/h2-5,7H,6H2,1H3,(H,11,12,13). The van der Waals surface area contributed by atoms with Crippen LogP contribution in [-0.2, 0) is 16.5 Å². The van der Waals surface area contributed by atoms with E-state index in [1.807, 2.05) is 0 Å². The van der Waals surface area contributed by atoms with Crippen LogP contribution in [0.2, 0.25) is 0 Å². The third-order valence-electron chi connectivity index (χ3n) is 1.74. The minimum absolute atomic E-state index is 0.0534. The third kappa shape index (κ3) is 3.55. The summed E-state index contributed by atoms with van der Waals surface area (Å²) >= 11 is 2.30. The molecular weight excluding hydrogens is 315 g/mol. The van der Waals surface area contributed by atoms with E-state index in [0.29, 0.717) is 3.92 Å². The van der Waals surface area contributed by atoms with Gasteiger partial charge in [0.25, 0.3) is 10.1 Å². The molecule has 78 valence electrons. The maximum absolute atomic E-state index is 10.7. The van der Waals surface area contributed by atoms with Crippen molar-refractivity contribution in [2.45, 2.75) is 22.2 Å². The second kappa shape index (κ2) is 4.59. The Morgan fingerprint density at radius 3 is 2.21 bits per heavy atom. The highest BCUT2D eigenvalue weighted by atomic mass is 127. The second-order valence-corrected chi connectivity index (χ2v) is 6.65. The van der Waals surface area contributed by atoms with E-state index in [-0.39, 0.29) is 4.90 Å². The van der Waals surface area contributed by atoms with Crippen molar-refractivity contribution >= 4 is 32.7 Å². The first-order valence-corrected chi connectivity index (χ1v) is 6.78. The van der Waals surface area contributed by atoms with E-state index in [4.69, 9.17) is 4.55 Å². The maximum atomic E-state index is 10.7. The monoisotopic (exact) mass is 326 g/mol. The molecule has 0 aromatic heterocycles. The predicted octanol–water partition coefficient (Wildman–Crippen LogP) is 2.30. The molecule has 0 aliphatic rings. The van der Waals surface area contributed by atoms with E-state index < -0.39 is 10.1 Å². The molecule has 1 atom stereocenters. The summed E-state index contributed by atoms with van der Waals surface area (Å²) in [5, 5.41) is 0. The Morgan fingerprint density at radius 2 is 1.86 bits per heavy atom. The Kier molecular flexibility index (Phi) is 3.91. The Labute approximate surface area is 97.4 Å². The zero-order chi connectivity index (χ0) is 10.8. The van der Waals surface area contributed by atoms with Crippen LogP contribution in [0.25, 0.3) is 0 Å². The number of rotatable bonds is 3. The van der Waals surface area contributed by atoms with E-state index in [1.54, 1.807) is 12.1 Å². The summed E-state index contributed by atoms with van der Waals surface area (Å²) in [6, 6.07) is 6.28. The van der Waals surface area contributed by atoms with Gasteiger partial charge < -0.3 is 0 Å². The molecule has 0 radical (unpaired) electrons. The van der Waals surface area contributed by atoms with Gasteiger partial charge in [-0.05, 0) is 24.1 Å². The fraction of sp³-hybridized carbons (Fsp3) is 0.333. The zero-order valence-electron chi connectivity index (χ0n) is 7.64. The third-order valence-corrected chi connectivity index (χ3v) is 3.05. The summed E-state index contributed by atoms with van der Waals surface area (Å²) in [7, 11) is -4.05. The van der Waals surface area contributed by atoms with Gasteiger partial charge in [0.15, 0.2) is 0 Å². The molecule has 1 N–H and O–H groups in total. The molecular formula is C9H11IO3S. The molecule has 14 heavy (non-hydrogen) atoms. The summed E-state index contributed by atoms with van der Waals surface area (Å²) in [5.41, 5.74) is 1.07. The Balaban J connectivity index is 2.90. The highest BCUT2D eigenvalue weighted by Crippen LogP contribution is 2.13. The van der Waals surface area contributed by atoms with Gasteiger partial charge in [0.2, 0.25) is 0 Å². The molecule has 3 nitrogen and oxygen atoms in total. The van der Waals surface area contributed by atoms with E-state index in [2.05, 4.69) is 29.5 Å². The van der Waals surface area contributed by atoms with Crippen LogP contribution < -0.4 is 0 Å². The van der Waals surface area contributed by atoms with Crippen LogP contribution in [0.1, 0.15) is 12.5 Å². The molecule has 5 heteroatoms. The highest BCUT2D eigenvalue weighted by molar-refractivity contribution is 14.1. The van der Waals surface area contributed by atoms with Crippen molar-refractivity contribution in [2.24, 2.45) is 0 Å². The van der Waals surface area contributed by atoms with Crippen molar-refractivity contribution in [1.29, 1.82) is 0 Å². The summed E-state index contributed by atoms with van der Waals surface area (Å²) in [6.45, 7) is 2.08. The zero-order valence-corrected chi connectivity index (χ0v) is 10.6. The molecule has 0 amide bonds. The molecule has 0 bridgehead atoms. The molecule has 0 saturated carbocycles. The molecule has 0 fully saturated rings. The lowest BCUT2D eigenvalue weighted by atomic mass is 10.1. The van der Waals surface area contributed by atoms with Crippen LogP contribution in [0.5, 0.6) is 0 Å². The van der Waals surface area contributed by atoms with Gasteiger partial charge in [0.05, 0.1) is 4.90 Å².